The Balaban J connectivity index is 0.00000161. The van der Waals surface area contributed by atoms with Gasteiger partial charge < -0.3 is 19.8 Å². The van der Waals surface area contributed by atoms with Crippen LogP contribution in [0.4, 0.5) is 4.79 Å². The van der Waals surface area contributed by atoms with Gasteiger partial charge in [0.25, 0.3) is 0 Å². The maximum Gasteiger partial charge on any atom is 0.409 e. The highest BCUT2D eigenvalue weighted by molar-refractivity contribution is 5.67. The van der Waals surface area contributed by atoms with E-state index in [1.807, 2.05) is 11.8 Å². The van der Waals surface area contributed by atoms with Crippen molar-refractivity contribution in [3.8, 4) is 11.5 Å². The van der Waals surface area contributed by atoms with Gasteiger partial charge in [0, 0.05) is 19.2 Å². The number of amides is 1. The minimum Gasteiger partial charge on any atom is -0.508 e. The Bertz CT molecular complexity index is 623. The van der Waals surface area contributed by atoms with Crippen molar-refractivity contribution in [1.82, 2.24) is 4.90 Å². The van der Waals surface area contributed by atoms with E-state index in [2.05, 4.69) is 13.8 Å². The predicted octanol–water partition coefficient (Wildman–Crippen LogP) is 11.2. The molecule has 0 aliphatic heterocycles. The third-order valence-electron chi connectivity index (χ3n) is 7.42. The molecular weight excluding hydrogens is 498 g/mol. The highest BCUT2D eigenvalue weighted by atomic mass is 16.6. The van der Waals surface area contributed by atoms with Crippen LogP contribution in [0.1, 0.15) is 162 Å². The Labute approximate surface area is 248 Å². The molecule has 0 fully saturated rings. The summed E-state index contributed by atoms with van der Waals surface area (Å²) in [6.07, 6.45) is 29.5. The van der Waals surface area contributed by atoms with Gasteiger partial charge in [0.1, 0.15) is 11.5 Å². The fourth-order valence-electron chi connectivity index (χ4n) is 4.94. The summed E-state index contributed by atoms with van der Waals surface area (Å²) in [5.74, 6) is 0.176. The molecule has 0 aliphatic rings. The van der Waals surface area contributed by atoms with E-state index >= 15 is 0 Å². The number of hydrogen-bond donors (Lipinski definition) is 2. The number of unbranched alkanes of at least 4 members (excludes halogenated alkanes) is 20. The van der Waals surface area contributed by atoms with Crippen molar-refractivity contribution >= 4 is 6.09 Å². The number of hydrogen-bond acceptors (Lipinski definition) is 4. The third-order valence-corrected chi connectivity index (χ3v) is 7.42. The monoisotopic (exact) mass is 563 g/mol. The molecule has 234 valence electrons. The SMILES string of the molecule is CCCCCCCCCCCCCN(CCCCCCCCCCCCC)C(=O)OCC.Oc1cccc(O)c1. The van der Waals surface area contributed by atoms with E-state index in [0.717, 1.165) is 25.9 Å². The zero-order chi connectivity index (χ0) is 29.5. The summed E-state index contributed by atoms with van der Waals surface area (Å²) in [7, 11) is 0. The minimum absolute atomic E-state index is 0.0880. The molecule has 0 aliphatic carbocycles. The number of benzene rings is 1. The van der Waals surface area contributed by atoms with Crippen molar-refractivity contribution in [2.75, 3.05) is 19.7 Å². The van der Waals surface area contributed by atoms with Gasteiger partial charge in [0.2, 0.25) is 0 Å². The molecule has 1 amide bonds. The fourth-order valence-corrected chi connectivity index (χ4v) is 4.94. The van der Waals surface area contributed by atoms with E-state index in [4.69, 9.17) is 14.9 Å². The van der Waals surface area contributed by atoms with Crippen LogP contribution in [0.25, 0.3) is 0 Å². The number of carbonyl (C=O) groups is 1. The van der Waals surface area contributed by atoms with Crippen molar-refractivity contribution in [2.24, 2.45) is 0 Å². The van der Waals surface area contributed by atoms with Crippen molar-refractivity contribution in [3.05, 3.63) is 24.3 Å². The average Bonchev–Trinajstić information content (AvgIpc) is 2.93. The van der Waals surface area contributed by atoms with Crippen LogP contribution in [0, 0.1) is 0 Å². The van der Waals surface area contributed by atoms with Gasteiger partial charge in [-0.25, -0.2) is 4.79 Å². The standard InChI is InChI=1S/C29H59NO2.C6H6O2/c1-4-7-9-11-13-15-17-19-21-23-25-27-30(29(31)32-6-3)28-26-24-22-20-18-16-14-12-10-8-5-2;7-5-2-1-3-6(8)4-5/h4-28H2,1-3H3;1-4,7-8H. The van der Waals surface area contributed by atoms with Crippen LogP contribution in [0.15, 0.2) is 24.3 Å². The Kier molecular flexibility index (Phi) is 28.6. The maximum absolute atomic E-state index is 12.3. The van der Waals surface area contributed by atoms with Gasteiger partial charge in [-0.2, -0.15) is 0 Å². The van der Waals surface area contributed by atoms with Crippen molar-refractivity contribution in [3.63, 3.8) is 0 Å². The first-order valence-electron chi connectivity index (χ1n) is 16.9. The minimum atomic E-state index is -0.105. The normalized spacial score (nSPS) is 10.7. The lowest BCUT2D eigenvalue weighted by atomic mass is 10.1. The molecule has 0 radical (unpaired) electrons. The lowest BCUT2D eigenvalue weighted by Crippen LogP contribution is -2.33. The average molecular weight is 564 g/mol. The molecule has 5 heteroatoms. The van der Waals surface area contributed by atoms with Crippen LogP contribution in [-0.2, 0) is 4.74 Å². The number of ether oxygens (including phenoxy) is 1. The third kappa shape index (κ3) is 26.3. The number of rotatable bonds is 25. The number of carbonyl (C=O) groups excluding carboxylic acids is 1. The van der Waals surface area contributed by atoms with Crippen LogP contribution in [0.3, 0.4) is 0 Å². The van der Waals surface area contributed by atoms with Crippen LogP contribution in [-0.4, -0.2) is 40.9 Å². The Morgan fingerprint density at radius 1 is 0.575 bits per heavy atom. The molecule has 2 N–H and O–H groups in total. The summed E-state index contributed by atoms with van der Waals surface area (Å²) >= 11 is 0. The smallest absolute Gasteiger partial charge is 0.409 e. The highest BCUT2D eigenvalue weighted by Crippen LogP contribution is 2.15. The Morgan fingerprint density at radius 2 is 0.900 bits per heavy atom. The molecule has 0 unspecified atom stereocenters. The second-order valence-electron chi connectivity index (χ2n) is 11.3. The second kappa shape index (κ2) is 30.1. The number of aromatic hydroxyl groups is 2. The zero-order valence-electron chi connectivity index (χ0n) is 26.6. The van der Waals surface area contributed by atoms with E-state index in [0.29, 0.717) is 6.61 Å². The largest absolute Gasteiger partial charge is 0.508 e. The first kappa shape index (κ1) is 38.1. The molecule has 5 nitrogen and oxygen atoms in total. The highest BCUT2D eigenvalue weighted by Gasteiger charge is 2.13. The summed E-state index contributed by atoms with van der Waals surface area (Å²) in [5, 5.41) is 17.3. The van der Waals surface area contributed by atoms with Gasteiger partial charge in [-0.3, -0.25) is 0 Å². The molecule has 0 atom stereocenters. The number of phenols is 2. The molecule has 1 aromatic carbocycles. The van der Waals surface area contributed by atoms with Gasteiger partial charge in [-0.1, -0.05) is 148 Å². The molecule has 1 aromatic rings. The van der Waals surface area contributed by atoms with Crippen molar-refractivity contribution in [2.45, 2.75) is 162 Å². The van der Waals surface area contributed by atoms with Crippen molar-refractivity contribution < 1.29 is 19.7 Å². The summed E-state index contributed by atoms with van der Waals surface area (Å²) in [6.45, 7) is 8.68. The lowest BCUT2D eigenvalue weighted by molar-refractivity contribution is 0.105. The van der Waals surface area contributed by atoms with Gasteiger partial charge in [-0.05, 0) is 31.9 Å². The number of phenolic OH excluding ortho intramolecular Hbond substituents is 2. The van der Waals surface area contributed by atoms with Crippen molar-refractivity contribution in [1.29, 1.82) is 0 Å². The molecule has 1 rings (SSSR count). The maximum atomic E-state index is 12.3. The van der Waals surface area contributed by atoms with E-state index in [1.54, 1.807) is 6.07 Å². The lowest BCUT2D eigenvalue weighted by Gasteiger charge is -2.22. The van der Waals surface area contributed by atoms with E-state index in [1.165, 1.54) is 147 Å². The predicted molar refractivity (Wildman–Crippen MR) is 171 cm³/mol. The van der Waals surface area contributed by atoms with Gasteiger partial charge in [0.15, 0.2) is 0 Å². The summed E-state index contributed by atoms with van der Waals surface area (Å²) in [4.78, 5) is 14.2. The zero-order valence-corrected chi connectivity index (χ0v) is 26.6. The van der Waals surface area contributed by atoms with Crippen LogP contribution < -0.4 is 0 Å². The summed E-state index contributed by atoms with van der Waals surface area (Å²) < 4.78 is 5.29. The second-order valence-corrected chi connectivity index (χ2v) is 11.3. The molecule has 0 heterocycles. The Hall–Kier alpha value is -1.91. The van der Waals surface area contributed by atoms with Gasteiger partial charge >= 0.3 is 6.09 Å². The molecular formula is C35H65NO4. The molecule has 40 heavy (non-hydrogen) atoms. The van der Waals surface area contributed by atoms with E-state index < -0.39 is 0 Å². The van der Waals surface area contributed by atoms with Crippen LogP contribution >= 0.6 is 0 Å². The molecule has 0 saturated heterocycles. The van der Waals surface area contributed by atoms with Gasteiger partial charge in [0.05, 0.1) is 6.61 Å². The van der Waals surface area contributed by atoms with Crippen LogP contribution in [0.5, 0.6) is 11.5 Å². The summed E-state index contributed by atoms with van der Waals surface area (Å²) in [6, 6.07) is 5.85. The van der Waals surface area contributed by atoms with Gasteiger partial charge in [-0.15, -0.1) is 0 Å². The molecule has 0 saturated carbocycles. The molecule has 0 bridgehead atoms. The first-order chi connectivity index (χ1) is 19.5. The first-order valence-corrected chi connectivity index (χ1v) is 16.9. The molecule has 0 spiro atoms. The fraction of sp³-hybridized carbons (Fsp3) is 0.800. The quantitative estimate of drug-likeness (QED) is 0.116. The van der Waals surface area contributed by atoms with Crippen LogP contribution in [0.2, 0.25) is 0 Å². The Morgan fingerprint density at radius 3 is 1.18 bits per heavy atom. The molecule has 0 aromatic heterocycles. The topological polar surface area (TPSA) is 70.0 Å². The number of nitrogens with zero attached hydrogens (tertiary/aromatic N) is 1. The van der Waals surface area contributed by atoms with E-state index in [-0.39, 0.29) is 17.6 Å². The summed E-state index contributed by atoms with van der Waals surface area (Å²) in [5.41, 5.74) is 0. The van der Waals surface area contributed by atoms with E-state index in [9.17, 15) is 4.79 Å².